The number of hydrogen-bond donors (Lipinski definition) is 2. The summed E-state index contributed by atoms with van der Waals surface area (Å²) >= 11 is 0. The van der Waals surface area contributed by atoms with E-state index in [-0.39, 0.29) is 16.0 Å². The average Bonchev–Trinajstić information content (AvgIpc) is 2.42. The molecule has 0 aromatic heterocycles. The molecular weight excluding hydrogens is 291 g/mol. The summed E-state index contributed by atoms with van der Waals surface area (Å²) < 4.78 is 40.8. The minimum atomic E-state index is -3.66. The van der Waals surface area contributed by atoms with Gasteiger partial charge in [0.1, 0.15) is 5.82 Å². The van der Waals surface area contributed by atoms with Crippen LogP contribution in [0, 0.1) is 18.2 Å². The quantitative estimate of drug-likeness (QED) is 0.839. The third-order valence-corrected chi connectivity index (χ3v) is 5.88. The molecule has 21 heavy (non-hydrogen) atoms. The molecule has 0 aliphatic heterocycles. The molecule has 1 aromatic carbocycles. The molecule has 0 saturated heterocycles. The number of anilines is 1. The second-order valence-corrected chi connectivity index (χ2v) is 8.07. The summed E-state index contributed by atoms with van der Waals surface area (Å²) in [5.74, 6) is -0.592. The molecule has 2 rings (SSSR count). The summed E-state index contributed by atoms with van der Waals surface area (Å²) in [4.78, 5) is 0.0563. The summed E-state index contributed by atoms with van der Waals surface area (Å²) in [6.07, 6.45) is 5.55. The van der Waals surface area contributed by atoms with Gasteiger partial charge in [0.25, 0.3) is 0 Å². The lowest BCUT2D eigenvalue weighted by Crippen LogP contribution is -2.37. The van der Waals surface area contributed by atoms with Crippen molar-refractivity contribution in [2.75, 3.05) is 12.3 Å². The van der Waals surface area contributed by atoms with Crippen LogP contribution in [-0.4, -0.2) is 15.0 Å². The van der Waals surface area contributed by atoms with Gasteiger partial charge in [-0.15, -0.1) is 0 Å². The normalized spacial score (nSPS) is 18.6. The summed E-state index contributed by atoms with van der Waals surface area (Å²) in [6.45, 7) is 4.09. The highest BCUT2D eigenvalue weighted by molar-refractivity contribution is 7.89. The first-order chi connectivity index (χ1) is 9.73. The molecule has 1 aliphatic rings. The van der Waals surface area contributed by atoms with Crippen LogP contribution < -0.4 is 10.5 Å². The fourth-order valence-corrected chi connectivity index (χ4v) is 4.35. The van der Waals surface area contributed by atoms with Crippen molar-refractivity contribution in [2.24, 2.45) is 5.41 Å². The Bertz CT molecular complexity index is 623. The highest BCUT2D eigenvalue weighted by Crippen LogP contribution is 2.35. The van der Waals surface area contributed by atoms with Crippen molar-refractivity contribution < 1.29 is 12.8 Å². The molecule has 1 aliphatic carbocycles. The molecule has 0 atom stereocenters. The van der Waals surface area contributed by atoms with Gasteiger partial charge in [-0.1, -0.05) is 26.2 Å². The first-order valence-corrected chi connectivity index (χ1v) is 8.77. The number of halogens is 1. The molecule has 1 fully saturated rings. The number of nitrogens with one attached hydrogen (secondary N) is 1. The van der Waals surface area contributed by atoms with Crippen LogP contribution in [0.3, 0.4) is 0 Å². The van der Waals surface area contributed by atoms with Crippen LogP contribution >= 0.6 is 0 Å². The van der Waals surface area contributed by atoms with E-state index in [9.17, 15) is 12.8 Å². The molecule has 1 aromatic rings. The first kappa shape index (κ1) is 16.2. The summed E-state index contributed by atoms with van der Waals surface area (Å²) in [7, 11) is -3.66. The predicted molar refractivity (Wildman–Crippen MR) is 81.9 cm³/mol. The lowest BCUT2D eigenvalue weighted by atomic mass is 9.76. The second kappa shape index (κ2) is 5.93. The molecule has 6 heteroatoms. The number of sulfonamides is 1. The van der Waals surface area contributed by atoms with E-state index < -0.39 is 15.8 Å². The Balaban J connectivity index is 2.17. The third-order valence-electron chi connectivity index (χ3n) is 4.33. The zero-order valence-corrected chi connectivity index (χ0v) is 13.4. The van der Waals surface area contributed by atoms with Gasteiger partial charge in [-0.05, 0) is 42.9 Å². The maximum atomic E-state index is 13.3. The molecule has 118 valence electrons. The molecule has 0 heterocycles. The molecule has 0 bridgehead atoms. The van der Waals surface area contributed by atoms with E-state index in [0.29, 0.717) is 12.1 Å². The standard InChI is InChI=1S/C15H23FN2O2S/c1-11-8-12(16)13(17)9-14(11)21(19,20)18-10-15(2)6-4-3-5-7-15/h8-9,18H,3-7,10,17H2,1-2H3. The smallest absolute Gasteiger partial charge is 0.240 e. The van der Waals surface area contributed by atoms with Crippen molar-refractivity contribution in [2.45, 2.75) is 50.8 Å². The molecular formula is C15H23FN2O2S. The van der Waals surface area contributed by atoms with E-state index in [1.54, 1.807) is 6.92 Å². The molecule has 0 amide bonds. The van der Waals surface area contributed by atoms with Crippen LogP contribution in [0.4, 0.5) is 10.1 Å². The van der Waals surface area contributed by atoms with Crippen molar-refractivity contribution in [3.8, 4) is 0 Å². The third kappa shape index (κ3) is 3.74. The zero-order chi connectivity index (χ0) is 15.7. The molecule has 3 N–H and O–H groups in total. The van der Waals surface area contributed by atoms with Crippen LogP contribution in [-0.2, 0) is 10.0 Å². The average molecular weight is 314 g/mol. The van der Waals surface area contributed by atoms with Gasteiger partial charge < -0.3 is 5.73 Å². The predicted octanol–water partition coefficient (Wildman–Crippen LogP) is 2.97. The van der Waals surface area contributed by atoms with Gasteiger partial charge >= 0.3 is 0 Å². The van der Waals surface area contributed by atoms with Crippen molar-refractivity contribution >= 4 is 15.7 Å². The number of benzene rings is 1. The van der Waals surface area contributed by atoms with E-state index in [2.05, 4.69) is 11.6 Å². The molecule has 4 nitrogen and oxygen atoms in total. The minimum Gasteiger partial charge on any atom is -0.396 e. The summed E-state index contributed by atoms with van der Waals surface area (Å²) in [5.41, 5.74) is 5.70. The van der Waals surface area contributed by atoms with Crippen LogP contribution in [0.1, 0.15) is 44.6 Å². The van der Waals surface area contributed by atoms with E-state index in [0.717, 1.165) is 31.7 Å². The number of rotatable bonds is 4. The zero-order valence-electron chi connectivity index (χ0n) is 12.6. The Hall–Kier alpha value is -1.14. The number of nitrogen functional groups attached to an aromatic ring is 1. The van der Waals surface area contributed by atoms with Crippen LogP contribution in [0.5, 0.6) is 0 Å². The first-order valence-electron chi connectivity index (χ1n) is 7.29. The largest absolute Gasteiger partial charge is 0.396 e. The van der Waals surface area contributed by atoms with Gasteiger partial charge in [-0.2, -0.15) is 0 Å². The number of hydrogen-bond acceptors (Lipinski definition) is 3. The van der Waals surface area contributed by atoms with Gasteiger partial charge in [0.05, 0.1) is 10.6 Å². The maximum absolute atomic E-state index is 13.3. The molecule has 0 unspecified atom stereocenters. The van der Waals surface area contributed by atoms with Crippen molar-refractivity contribution in [1.82, 2.24) is 4.72 Å². The SMILES string of the molecule is Cc1cc(F)c(N)cc1S(=O)(=O)NCC1(C)CCCCC1. The molecule has 0 radical (unpaired) electrons. The maximum Gasteiger partial charge on any atom is 0.240 e. The van der Waals surface area contributed by atoms with Crippen molar-refractivity contribution in [3.63, 3.8) is 0 Å². The van der Waals surface area contributed by atoms with E-state index in [4.69, 9.17) is 5.73 Å². The molecule has 0 spiro atoms. The lowest BCUT2D eigenvalue weighted by molar-refractivity contribution is 0.219. The Labute approximate surface area is 126 Å². The Morgan fingerprint density at radius 2 is 1.90 bits per heavy atom. The second-order valence-electron chi connectivity index (χ2n) is 6.34. The summed E-state index contributed by atoms with van der Waals surface area (Å²) in [5, 5.41) is 0. The Morgan fingerprint density at radius 3 is 2.52 bits per heavy atom. The minimum absolute atomic E-state index is 0.00476. The topological polar surface area (TPSA) is 72.2 Å². The van der Waals surface area contributed by atoms with Crippen molar-refractivity contribution in [1.29, 1.82) is 0 Å². The highest BCUT2D eigenvalue weighted by Gasteiger charge is 2.29. The fourth-order valence-electron chi connectivity index (χ4n) is 2.89. The number of nitrogens with two attached hydrogens (primary N) is 1. The van der Waals surface area contributed by atoms with Crippen LogP contribution in [0.2, 0.25) is 0 Å². The number of aryl methyl sites for hydroxylation is 1. The molecule has 1 saturated carbocycles. The van der Waals surface area contributed by atoms with E-state index in [1.165, 1.54) is 12.5 Å². The van der Waals surface area contributed by atoms with Gasteiger partial charge in [0, 0.05) is 6.54 Å². The van der Waals surface area contributed by atoms with E-state index in [1.807, 2.05) is 0 Å². The fraction of sp³-hybridized carbons (Fsp3) is 0.600. The van der Waals surface area contributed by atoms with Crippen LogP contribution in [0.25, 0.3) is 0 Å². The van der Waals surface area contributed by atoms with Crippen molar-refractivity contribution in [3.05, 3.63) is 23.5 Å². The Morgan fingerprint density at radius 1 is 1.29 bits per heavy atom. The van der Waals surface area contributed by atoms with Gasteiger partial charge in [0.15, 0.2) is 0 Å². The monoisotopic (exact) mass is 314 g/mol. The van der Waals surface area contributed by atoms with Crippen LogP contribution in [0.15, 0.2) is 17.0 Å². The summed E-state index contributed by atoms with van der Waals surface area (Å²) in [6, 6.07) is 2.35. The van der Waals surface area contributed by atoms with E-state index >= 15 is 0 Å². The van der Waals surface area contributed by atoms with Gasteiger partial charge in [0.2, 0.25) is 10.0 Å². The Kier molecular flexibility index (Phi) is 4.58. The van der Waals surface area contributed by atoms with Gasteiger partial charge in [-0.3, -0.25) is 0 Å². The van der Waals surface area contributed by atoms with Gasteiger partial charge in [-0.25, -0.2) is 17.5 Å². The highest BCUT2D eigenvalue weighted by atomic mass is 32.2. The lowest BCUT2D eigenvalue weighted by Gasteiger charge is -2.33.